The van der Waals surface area contributed by atoms with Gasteiger partial charge in [-0.3, -0.25) is 4.79 Å². The minimum absolute atomic E-state index is 0.176. The maximum absolute atomic E-state index is 11.6. The number of hydrogen-bond donors (Lipinski definition) is 1. The molecule has 0 heterocycles. The molecule has 2 atom stereocenters. The zero-order valence-electron chi connectivity index (χ0n) is 10.9. The van der Waals surface area contributed by atoms with Crippen LogP contribution in [0.2, 0.25) is 0 Å². The van der Waals surface area contributed by atoms with Crippen LogP contribution in [0.3, 0.4) is 0 Å². The Morgan fingerprint density at radius 3 is 2.27 bits per heavy atom. The fraction of sp³-hybridized carbons (Fsp3) is 0.917. The van der Waals surface area contributed by atoms with Crippen LogP contribution in [0.1, 0.15) is 54.4 Å². The Labute approximate surface area is 93.6 Å². The zero-order chi connectivity index (χ0) is 12.1. The number of nitrogens with one attached hydrogen (secondary N) is 1. The minimum Gasteiger partial charge on any atom is -0.459 e. The largest absolute Gasteiger partial charge is 0.459 e. The molecule has 0 aromatic heterocycles. The zero-order valence-corrected chi connectivity index (χ0v) is 10.9. The Hall–Kier alpha value is -0.570. The number of rotatable bonds is 5. The van der Waals surface area contributed by atoms with E-state index in [0.717, 1.165) is 12.8 Å². The molecule has 3 heteroatoms. The van der Waals surface area contributed by atoms with Crippen LogP contribution in [-0.2, 0) is 9.53 Å². The number of esters is 1. The van der Waals surface area contributed by atoms with E-state index in [1.807, 2.05) is 27.7 Å². The highest BCUT2D eigenvalue weighted by Crippen LogP contribution is 2.08. The van der Waals surface area contributed by atoms with Crippen LogP contribution in [0.15, 0.2) is 0 Å². The van der Waals surface area contributed by atoms with Crippen molar-refractivity contribution in [1.82, 2.24) is 5.32 Å². The van der Waals surface area contributed by atoms with E-state index in [4.69, 9.17) is 4.74 Å². The predicted octanol–water partition coefficient (Wildman–Crippen LogP) is 2.49. The van der Waals surface area contributed by atoms with Crippen molar-refractivity contribution in [3.63, 3.8) is 0 Å². The molecule has 90 valence electrons. The molecular formula is C12H25NO2. The summed E-state index contributed by atoms with van der Waals surface area (Å²) >= 11 is 0. The summed E-state index contributed by atoms with van der Waals surface area (Å²) in [5.74, 6) is -0.176. The molecule has 0 radical (unpaired) electrons. The molecule has 0 saturated carbocycles. The fourth-order valence-electron chi connectivity index (χ4n) is 1.40. The Bertz CT molecular complexity index is 196. The summed E-state index contributed by atoms with van der Waals surface area (Å²) in [4.78, 5) is 11.6. The van der Waals surface area contributed by atoms with E-state index in [9.17, 15) is 4.79 Å². The van der Waals surface area contributed by atoms with Crippen molar-refractivity contribution in [2.24, 2.45) is 0 Å². The highest BCUT2D eigenvalue weighted by molar-refractivity contribution is 5.75. The standard InChI is InChI=1S/C12H25NO2/c1-7-8-9(2)13-10(3)11(14)15-12(4,5)6/h9-10,13H,7-8H2,1-6H3/t9?,10-/m1/s1. The molecule has 0 aromatic rings. The first-order chi connectivity index (χ1) is 6.76. The van der Waals surface area contributed by atoms with Crippen LogP contribution in [0, 0.1) is 0 Å². The Kier molecular flexibility index (Phi) is 5.88. The number of hydrogen-bond acceptors (Lipinski definition) is 3. The van der Waals surface area contributed by atoms with Gasteiger partial charge in [0.25, 0.3) is 0 Å². The number of carbonyl (C=O) groups is 1. The molecule has 0 aliphatic heterocycles. The molecule has 0 aromatic carbocycles. The Morgan fingerprint density at radius 2 is 1.87 bits per heavy atom. The average Bonchev–Trinajstić information content (AvgIpc) is 2.00. The highest BCUT2D eigenvalue weighted by Gasteiger charge is 2.22. The summed E-state index contributed by atoms with van der Waals surface area (Å²) < 4.78 is 5.28. The van der Waals surface area contributed by atoms with Crippen molar-refractivity contribution in [1.29, 1.82) is 0 Å². The lowest BCUT2D eigenvalue weighted by Crippen LogP contribution is -2.43. The lowest BCUT2D eigenvalue weighted by Gasteiger charge is -2.24. The van der Waals surface area contributed by atoms with Crippen molar-refractivity contribution in [3.05, 3.63) is 0 Å². The van der Waals surface area contributed by atoms with E-state index in [2.05, 4.69) is 19.2 Å². The molecule has 0 spiro atoms. The van der Waals surface area contributed by atoms with Crippen LogP contribution in [0.4, 0.5) is 0 Å². The van der Waals surface area contributed by atoms with Crippen LogP contribution < -0.4 is 5.32 Å². The molecular weight excluding hydrogens is 190 g/mol. The van der Waals surface area contributed by atoms with Crippen molar-refractivity contribution >= 4 is 5.97 Å². The Balaban J connectivity index is 3.99. The van der Waals surface area contributed by atoms with Gasteiger partial charge in [-0.1, -0.05) is 13.3 Å². The van der Waals surface area contributed by atoms with Gasteiger partial charge in [-0.2, -0.15) is 0 Å². The third-order valence-corrected chi connectivity index (χ3v) is 2.02. The smallest absolute Gasteiger partial charge is 0.323 e. The quantitative estimate of drug-likeness (QED) is 0.716. The summed E-state index contributed by atoms with van der Waals surface area (Å²) in [6, 6.07) is 0.128. The van der Waals surface area contributed by atoms with Crippen LogP contribution in [0.5, 0.6) is 0 Å². The molecule has 1 N–H and O–H groups in total. The molecule has 3 nitrogen and oxygen atoms in total. The predicted molar refractivity (Wildman–Crippen MR) is 62.8 cm³/mol. The average molecular weight is 215 g/mol. The SMILES string of the molecule is CCCC(C)N[C@H](C)C(=O)OC(C)(C)C. The lowest BCUT2D eigenvalue weighted by molar-refractivity contribution is -0.157. The minimum atomic E-state index is -0.402. The monoisotopic (exact) mass is 215 g/mol. The van der Waals surface area contributed by atoms with E-state index in [1.54, 1.807) is 0 Å². The second kappa shape index (κ2) is 6.11. The van der Waals surface area contributed by atoms with Crippen molar-refractivity contribution in [2.45, 2.75) is 72.1 Å². The second-order valence-corrected chi connectivity index (χ2v) is 5.11. The lowest BCUT2D eigenvalue weighted by atomic mass is 10.1. The van der Waals surface area contributed by atoms with Gasteiger partial charge < -0.3 is 10.1 Å². The van der Waals surface area contributed by atoms with Crippen molar-refractivity contribution in [3.8, 4) is 0 Å². The van der Waals surface area contributed by atoms with Crippen LogP contribution in [-0.4, -0.2) is 23.7 Å². The van der Waals surface area contributed by atoms with E-state index in [1.165, 1.54) is 0 Å². The third kappa shape index (κ3) is 7.37. The summed E-state index contributed by atoms with van der Waals surface area (Å²) in [5, 5.41) is 3.23. The number of ether oxygens (including phenoxy) is 1. The van der Waals surface area contributed by atoms with Crippen molar-refractivity contribution in [2.75, 3.05) is 0 Å². The summed E-state index contributed by atoms with van der Waals surface area (Å²) in [5.41, 5.74) is -0.402. The van der Waals surface area contributed by atoms with Gasteiger partial charge in [-0.15, -0.1) is 0 Å². The summed E-state index contributed by atoms with van der Waals surface area (Å²) in [6.07, 6.45) is 2.20. The summed E-state index contributed by atoms with van der Waals surface area (Å²) in [7, 11) is 0. The molecule has 1 unspecified atom stereocenters. The molecule has 0 fully saturated rings. The highest BCUT2D eigenvalue weighted by atomic mass is 16.6. The molecule has 15 heavy (non-hydrogen) atoms. The number of carbonyl (C=O) groups excluding carboxylic acids is 1. The van der Waals surface area contributed by atoms with Gasteiger partial charge in [0.15, 0.2) is 0 Å². The van der Waals surface area contributed by atoms with E-state index < -0.39 is 5.60 Å². The van der Waals surface area contributed by atoms with E-state index in [0.29, 0.717) is 6.04 Å². The van der Waals surface area contributed by atoms with Gasteiger partial charge in [0.1, 0.15) is 11.6 Å². The van der Waals surface area contributed by atoms with Gasteiger partial charge in [0.2, 0.25) is 0 Å². The first-order valence-electron chi connectivity index (χ1n) is 5.75. The van der Waals surface area contributed by atoms with Crippen LogP contribution >= 0.6 is 0 Å². The Morgan fingerprint density at radius 1 is 1.33 bits per heavy atom. The second-order valence-electron chi connectivity index (χ2n) is 5.11. The molecule has 0 bridgehead atoms. The maximum atomic E-state index is 11.6. The third-order valence-electron chi connectivity index (χ3n) is 2.02. The first-order valence-corrected chi connectivity index (χ1v) is 5.75. The van der Waals surface area contributed by atoms with E-state index >= 15 is 0 Å². The van der Waals surface area contributed by atoms with Crippen LogP contribution in [0.25, 0.3) is 0 Å². The maximum Gasteiger partial charge on any atom is 0.323 e. The molecule has 0 aliphatic rings. The van der Waals surface area contributed by atoms with Gasteiger partial charge >= 0.3 is 5.97 Å². The van der Waals surface area contributed by atoms with E-state index in [-0.39, 0.29) is 12.0 Å². The van der Waals surface area contributed by atoms with Crippen molar-refractivity contribution < 1.29 is 9.53 Å². The molecule has 0 aliphatic carbocycles. The topological polar surface area (TPSA) is 38.3 Å². The summed E-state index contributed by atoms with van der Waals surface area (Å²) in [6.45, 7) is 11.7. The van der Waals surface area contributed by atoms with Gasteiger partial charge in [0, 0.05) is 6.04 Å². The van der Waals surface area contributed by atoms with Gasteiger partial charge in [0.05, 0.1) is 0 Å². The van der Waals surface area contributed by atoms with Gasteiger partial charge in [-0.25, -0.2) is 0 Å². The fourth-order valence-corrected chi connectivity index (χ4v) is 1.40. The first kappa shape index (κ1) is 14.4. The molecule has 0 rings (SSSR count). The molecule has 0 amide bonds. The normalized spacial score (nSPS) is 15.9. The molecule has 0 saturated heterocycles. The van der Waals surface area contributed by atoms with Gasteiger partial charge in [-0.05, 0) is 41.0 Å².